The van der Waals surface area contributed by atoms with Gasteiger partial charge in [-0.1, -0.05) is 12.1 Å². The van der Waals surface area contributed by atoms with E-state index in [0.717, 1.165) is 6.92 Å². The summed E-state index contributed by atoms with van der Waals surface area (Å²) in [5, 5.41) is 10.2. The highest BCUT2D eigenvalue weighted by atomic mass is 16.5. The Morgan fingerprint density at radius 1 is 1.14 bits per heavy atom. The molecular formula is C15H16O6. The van der Waals surface area contributed by atoms with E-state index >= 15 is 0 Å². The van der Waals surface area contributed by atoms with Gasteiger partial charge in [0.25, 0.3) is 0 Å². The molecule has 0 saturated carbocycles. The number of hydrogen-bond acceptors (Lipinski definition) is 6. The molecule has 0 saturated heterocycles. The normalized spacial score (nSPS) is 11.4. The first kappa shape index (κ1) is 16.4. The summed E-state index contributed by atoms with van der Waals surface area (Å²) in [6.45, 7) is 3.99. The number of esters is 2. The van der Waals surface area contributed by atoms with Crippen LogP contribution < -0.4 is 4.74 Å². The molecule has 0 aliphatic carbocycles. The van der Waals surface area contributed by atoms with E-state index in [4.69, 9.17) is 9.47 Å². The van der Waals surface area contributed by atoms with Gasteiger partial charge < -0.3 is 14.6 Å². The van der Waals surface area contributed by atoms with Gasteiger partial charge in [0.2, 0.25) is 0 Å². The van der Waals surface area contributed by atoms with Crippen molar-refractivity contribution in [2.45, 2.75) is 20.8 Å². The molecule has 0 radical (unpaired) electrons. The van der Waals surface area contributed by atoms with E-state index < -0.39 is 29.1 Å². The van der Waals surface area contributed by atoms with Gasteiger partial charge in [0.05, 0.1) is 12.2 Å². The molecule has 21 heavy (non-hydrogen) atoms. The molecule has 0 heterocycles. The molecule has 0 fully saturated rings. The molecule has 1 aromatic rings. The quantitative estimate of drug-likeness (QED) is 0.223. The average Bonchev–Trinajstić information content (AvgIpc) is 2.38. The van der Waals surface area contributed by atoms with Crippen LogP contribution in [-0.4, -0.2) is 29.4 Å². The van der Waals surface area contributed by atoms with Gasteiger partial charge in [-0.05, 0) is 26.0 Å². The Morgan fingerprint density at radius 3 is 2.29 bits per heavy atom. The molecule has 0 aliphatic heterocycles. The molecule has 6 heteroatoms. The fourth-order valence-corrected chi connectivity index (χ4v) is 1.65. The smallest absolute Gasteiger partial charge is 0.345 e. The van der Waals surface area contributed by atoms with Gasteiger partial charge in [-0.3, -0.25) is 9.59 Å². The van der Waals surface area contributed by atoms with Gasteiger partial charge in [0, 0.05) is 6.92 Å². The Balaban J connectivity index is 3.40. The number of ether oxygens (including phenoxy) is 2. The Kier molecular flexibility index (Phi) is 5.66. The summed E-state index contributed by atoms with van der Waals surface area (Å²) in [5.41, 5.74) is -0.428. The highest BCUT2D eigenvalue weighted by Gasteiger charge is 2.24. The van der Waals surface area contributed by atoms with Crippen LogP contribution in [0.25, 0.3) is 5.76 Å². The minimum atomic E-state index is -0.930. The Bertz CT molecular complexity index is 600. The fraction of sp³-hybridized carbons (Fsp3) is 0.267. The topological polar surface area (TPSA) is 89.9 Å². The van der Waals surface area contributed by atoms with Crippen LogP contribution in [0.2, 0.25) is 0 Å². The molecule has 6 nitrogen and oxygen atoms in total. The van der Waals surface area contributed by atoms with E-state index in [1.165, 1.54) is 19.1 Å². The van der Waals surface area contributed by atoms with Crippen LogP contribution in [-0.2, 0) is 19.1 Å². The Morgan fingerprint density at radius 2 is 1.76 bits per heavy atom. The maximum Gasteiger partial charge on any atom is 0.345 e. The number of aliphatic hydroxyl groups excluding tert-OH is 1. The lowest BCUT2D eigenvalue weighted by Gasteiger charge is -2.11. The first-order valence-corrected chi connectivity index (χ1v) is 6.27. The monoisotopic (exact) mass is 292 g/mol. The maximum atomic E-state index is 11.8. The van der Waals surface area contributed by atoms with Crippen LogP contribution in [0.1, 0.15) is 26.3 Å². The lowest BCUT2D eigenvalue weighted by atomic mass is 10.0. The molecule has 112 valence electrons. The summed E-state index contributed by atoms with van der Waals surface area (Å²) in [6, 6.07) is 6.03. The number of para-hydroxylation sites is 1. The number of carbonyl (C=O) groups excluding carboxylic acids is 3. The summed E-state index contributed by atoms with van der Waals surface area (Å²) in [7, 11) is 0. The third-order valence-electron chi connectivity index (χ3n) is 2.46. The van der Waals surface area contributed by atoms with Gasteiger partial charge in [-0.25, -0.2) is 4.79 Å². The number of Topliss-reactive ketones (excluding diaryl/α,β-unsaturated/α-hetero) is 1. The number of carbonyl (C=O) groups is 3. The van der Waals surface area contributed by atoms with Crippen molar-refractivity contribution in [1.29, 1.82) is 0 Å². The first-order chi connectivity index (χ1) is 9.88. The van der Waals surface area contributed by atoms with E-state index in [9.17, 15) is 19.5 Å². The van der Waals surface area contributed by atoms with Gasteiger partial charge in [-0.15, -0.1) is 0 Å². The molecule has 0 bridgehead atoms. The van der Waals surface area contributed by atoms with Crippen molar-refractivity contribution in [3.8, 4) is 5.75 Å². The van der Waals surface area contributed by atoms with Gasteiger partial charge in [-0.2, -0.15) is 0 Å². The van der Waals surface area contributed by atoms with Gasteiger partial charge >= 0.3 is 11.9 Å². The first-order valence-electron chi connectivity index (χ1n) is 6.27. The Hall–Kier alpha value is -2.63. The zero-order chi connectivity index (χ0) is 16.0. The summed E-state index contributed by atoms with van der Waals surface area (Å²) in [6.07, 6.45) is 0. The second-order valence-corrected chi connectivity index (χ2v) is 4.09. The predicted molar refractivity (Wildman–Crippen MR) is 74.6 cm³/mol. The van der Waals surface area contributed by atoms with E-state index in [0.29, 0.717) is 0 Å². The summed E-state index contributed by atoms with van der Waals surface area (Å²) >= 11 is 0. The van der Waals surface area contributed by atoms with Crippen LogP contribution in [0.4, 0.5) is 0 Å². The maximum absolute atomic E-state index is 11.8. The van der Waals surface area contributed by atoms with Crippen molar-refractivity contribution in [2.75, 3.05) is 6.61 Å². The number of rotatable bonds is 5. The van der Waals surface area contributed by atoms with Crippen LogP contribution in [0.3, 0.4) is 0 Å². The van der Waals surface area contributed by atoms with Crippen molar-refractivity contribution in [2.24, 2.45) is 0 Å². The minimum absolute atomic E-state index is 0.0468. The Labute approximate surface area is 122 Å². The number of benzene rings is 1. The van der Waals surface area contributed by atoms with Crippen molar-refractivity contribution in [1.82, 2.24) is 0 Å². The SMILES string of the molecule is CCOC(=O)C(C(C)=O)=C(O)c1ccccc1OC(C)=O. The van der Waals surface area contributed by atoms with Crippen LogP contribution in [0.5, 0.6) is 5.75 Å². The number of hydrogen-bond donors (Lipinski definition) is 1. The lowest BCUT2D eigenvalue weighted by Crippen LogP contribution is -2.16. The second kappa shape index (κ2) is 7.23. The molecule has 0 unspecified atom stereocenters. The van der Waals surface area contributed by atoms with Crippen molar-refractivity contribution >= 4 is 23.5 Å². The fourth-order valence-electron chi connectivity index (χ4n) is 1.65. The van der Waals surface area contributed by atoms with Crippen molar-refractivity contribution < 1.29 is 29.0 Å². The molecule has 0 atom stereocenters. The molecule has 0 aromatic heterocycles. The molecule has 1 aromatic carbocycles. The third kappa shape index (κ3) is 4.17. The zero-order valence-corrected chi connectivity index (χ0v) is 12.0. The van der Waals surface area contributed by atoms with E-state index in [2.05, 4.69) is 0 Å². The predicted octanol–water partition coefficient (Wildman–Crippen LogP) is 2.03. The minimum Gasteiger partial charge on any atom is -0.506 e. The molecule has 1 N–H and O–H groups in total. The highest BCUT2D eigenvalue weighted by molar-refractivity contribution is 6.21. The highest BCUT2D eigenvalue weighted by Crippen LogP contribution is 2.27. The van der Waals surface area contributed by atoms with Crippen molar-refractivity contribution in [3.63, 3.8) is 0 Å². The standard InChI is InChI=1S/C15H16O6/c1-4-20-15(19)13(9(2)16)14(18)11-7-5-6-8-12(11)21-10(3)17/h5-8,18H,4H2,1-3H3. The second-order valence-electron chi connectivity index (χ2n) is 4.09. The van der Waals surface area contributed by atoms with Crippen LogP contribution in [0.15, 0.2) is 29.8 Å². The summed E-state index contributed by atoms with van der Waals surface area (Å²) in [5.74, 6) is -2.71. The molecule has 0 amide bonds. The van der Waals surface area contributed by atoms with Gasteiger partial charge in [0.1, 0.15) is 17.1 Å². The molecule has 0 aliphatic rings. The molecule has 1 rings (SSSR count). The largest absolute Gasteiger partial charge is 0.506 e. The van der Waals surface area contributed by atoms with E-state index in [-0.39, 0.29) is 17.9 Å². The van der Waals surface area contributed by atoms with Crippen molar-refractivity contribution in [3.05, 3.63) is 35.4 Å². The zero-order valence-electron chi connectivity index (χ0n) is 12.0. The average molecular weight is 292 g/mol. The number of aliphatic hydroxyl groups is 1. The number of ketones is 1. The molecule has 0 spiro atoms. The van der Waals surface area contributed by atoms with Crippen LogP contribution in [0, 0.1) is 0 Å². The van der Waals surface area contributed by atoms with E-state index in [1.54, 1.807) is 19.1 Å². The van der Waals surface area contributed by atoms with Gasteiger partial charge in [0.15, 0.2) is 5.78 Å². The third-order valence-corrected chi connectivity index (χ3v) is 2.46. The molecular weight excluding hydrogens is 276 g/mol. The van der Waals surface area contributed by atoms with E-state index in [1.807, 2.05) is 0 Å². The summed E-state index contributed by atoms with van der Waals surface area (Å²) < 4.78 is 9.68. The summed E-state index contributed by atoms with van der Waals surface area (Å²) in [4.78, 5) is 34.4. The van der Waals surface area contributed by atoms with Crippen LogP contribution >= 0.6 is 0 Å². The lowest BCUT2D eigenvalue weighted by molar-refractivity contribution is -0.139.